The van der Waals surface area contributed by atoms with Crippen LogP contribution in [0.5, 0.6) is 5.75 Å². The van der Waals surface area contributed by atoms with Gasteiger partial charge in [-0.3, -0.25) is 9.89 Å². The fourth-order valence-corrected chi connectivity index (χ4v) is 2.16. The van der Waals surface area contributed by atoms with E-state index >= 15 is 0 Å². The van der Waals surface area contributed by atoms with E-state index in [2.05, 4.69) is 15.6 Å². The lowest BCUT2D eigenvalue weighted by Gasteiger charge is -2.21. The van der Waals surface area contributed by atoms with Gasteiger partial charge < -0.3 is 15.4 Å². The highest BCUT2D eigenvalue weighted by atomic mass is 19.4. The van der Waals surface area contributed by atoms with Crippen molar-refractivity contribution in [1.29, 1.82) is 0 Å². The number of hydrogen-bond donors (Lipinski definition) is 2. The number of halogens is 3. The number of aliphatic imine (C=N–C) groups is 1. The summed E-state index contributed by atoms with van der Waals surface area (Å²) in [5.74, 6) is 1.36. The molecule has 5 nitrogen and oxygen atoms in total. The average molecular weight is 360 g/mol. The summed E-state index contributed by atoms with van der Waals surface area (Å²) >= 11 is 0. The van der Waals surface area contributed by atoms with E-state index in [1.807, 2.05) is 38.1 Å². The summed E-state index contributed by atoms with van der Waals surface area (Å²) in [5, 5.41) is 6.10. The van der Waals surface area contributed by atoms with Gasteiger partial charge in [0.15, 0.2) is 5.96 Å². The lowest BCUT2D eigenvalue weighted by atomic mass is 10.2. The molecule has 0 aliphatic carbocycles. The summed E-state index contributed by atoms with van der Waals surface area (Å²) in [7, 11) is 3.05. The Labute approximate surface area is 147 Å². The van der Waals surface area contributed by atoms with Crippen LogP contribution in [-0.4, -0.2) is 63.4 Å². The second kappa shape index (κ2) is 10.1. The van der Waals surface area contributed by atoms with Crippen LogP contribution in [0.25, 0.3) is 0 Å². The quantitative estimate of drug-likeness (QED) is 0.552. The van der Waals surface area contributed by atoms with Crippen LogP contribution in [0.4, 0.5) is 13.2 Å². The summed E-state index contributed by atoms with van der Waals surface area (Å²) in [6.07, 6.45) is -4.27. The van der Waals surface area contributed by atoms with Crippen molar-refractivity contribution in [2.45, 2.75) is 26.1 Å². The molecule has 0 aliphatic rings. The van der Waals surface area contributed by atoms with Crippen molar-refractivity contribution in [1.82, 2.24) is 15.5 Å². The van der Waals surface area contributed by atoms with Gasteiger partial charge >= 0.3 is 6.18 Å². The van der Waals surface area contributed by atoms with Gasteiger partial charge in [0.05, 0.1) is 13.1 Å². The minimum Gasteiger partial charge on any atom is -0.489 e. The van der Waals surface area contributed by atoms with E-state index in [0.717, 1.165) is 11.3 Å². The van der Waals surface area contributed by atoms with Crippen molar-refractivity contribution < 1.29 is 17.9 Å². The number of para-hydroxylation sites is 1. The summed E-state index contributed by atoms with van der Waals surface area (Å²) in [4.78, 5) is 5.27. The van der Waals surface area contributed by atoms with Gasteiger partial charge in [0.1, 0.15) is 11.9 Å². The summed E-state index contributed by atoms with van der Waals surface area (Å²) in [5.41, 5.74) is 1.06. The van der Waals surface area contributed by atoms with E-state index in [0.29, 0.717) is 19.0 Å². The number of nitrogens with zero attached hydrogens (tertiary/aromatic N) is 2. The third kappa shape index (κ3) is 9.19. The minimum absolute atomic E-state index is 0.0902. The van der Waals surface area contributed by atoms with Crippen LogP contribution in [0.2, 0.25) is 0 Å². The van der Waals surface area contributed by atoms with Gasteiger partial charge in [-0.1, -0.05) is 18.2 Å². The maximum absolute atomic E-state index is 12.3. The van der Waals surface area contributed by atoms with E-state index in [9.17, 15) is 13.2 Å². The second-order valence-corrected chi connectivity index (χ2v) is 5.93. The standard InChI is InChI=1S/C17H27F3N4O/c1-13-7-5-6-8-15(13)25-14(2)11-23-16(21-3)22-9-10-24(4)12-17(18,19)20/h5-8,14H,9-12H2,1-4H3,(H2,21,22,23). The summed E-state index contributed by atoms with van der Waals surface area (Å²) < 4.78 is 42.6. The first-order valence-corrected chi connectivity index (χ1v) is 8.13. The number of hydrogen-bond acceptors (Lipinski definition) is 3. The Balaban J connectivity index is 2.31. The van der Waals surface area contributed by atoms with Crippen molar-refractivity contribution in [3.63, 3.8) is 0 Å². The smallest absolute Gasteiger partial charge is 0.401 e. The van der Waals surface area contributed by atoms with Crippen LogP contribution in [-0.2, 0) is 0 Å². The summed E-state index contributed by atoms with van der Waals surface area (Å²) in [6, 6.07) is 7.76. The fraction of sp³-hybridized carbons (Fsp3) is 0.588. The molecule has 1 aromatic rings. The predicted molar refractivity (Wildman–Crippen MR) is 94.2 cm³/mol. The lowest BCUT2D eigenvalue weighted by molar-refractivity contribution is -0.142. The van der Waals surface area contributed by atoms with Crippen molar-refractivity contribution in [3.05, 3.63) is 29.8 Å². The van der Waals surface area contributed by atoms with Crippen molar-refractivity contribution in [3.8, 4) is 5.75 Å². The Bertz CT molecular complexity index is 549. The first-order chi connectivity index (χ1) is 11.7. The minimum atomic E-state index is -4.18. The third-order valence-electron chi connectivity index (χ3n) is 3.44. The molecule has 0 saturated heterocycles. The fourth-order valence-electron chi connectivity index (χ4n) is 2.16. The molecule has 142 valence electrons. The van der Waals surface area contributed by atoms with Crippen molar-refractivity contribution in [2.75, 3.05) is 40.3 Å². The van der Waals surface area contributed by atoms with Crippen LogP contribution in [0.1, 0.15) is 12.5 Å². The lowest BCUT2D eigenvalue weighted by Crippen LogP contribution is -2.44. The molecule has 1 rings (SSSR count). The topological polar surface area (TPSA) is 48.9 Å². The zero-order valence-electron chi connectivity index (χ0n) is 15.2. The van der Waals surface area contributed by atoms with Crippen LogP contribution < -0.4 is 15.4 Å². The monoisotopic (exact) mass is 360 g/mol. The molecule has 0 saturated carbocycles. The van der Waals surface area contributed by atoms with E-state index in [-0.39, 0.29) is 12.6 Å². The van der Waals surface area contributed by atoms with Gasteiger partial charge in [0.2, 0.25) is 0 Å². The molecule has 0 aliphatic heterocycles. The molecule has 1 atom stereocenters. The molecule has 1 unspecified atom stereocenters. The molecule has 8 heteroatoms. The molecular formula is C17H27F3N4O. The number of ether oxygens (including phenoxy) is 1. The van der Waals surface area contributed by atoms with Gasteiger partial charge in [-0.2, -0.15) is 13.2 Å². The zero-order chi connectivity index (χ0) is 18.9. The maximum atomic E-state index is 12.3. The SMILES string of the molecule is CN=C(NCCN(C)CC(F)(F)F)NCC(C)Oc1ccccc1C. The number of aryl methyl sites for hydroxylation is 1. The van der Waals surface area contributed by atoms with E-state index in [1.54, 1.807) is 7.05 Å². The normalized spacial score (nSPS) is 13.7. The molecule has 0 radical (unpaired) electrons. The van der Waals surface area contributed by atoms with E-state index in [1.165, 1.54) is 11.9 Å². The number of likely N-dealkylation sites (N-methyl/N-ethyl adjacent to an activating group) is 1. The van der Waals surface area contributed by atoms with Crippen LogP contribution >= 0.6 is 0 Å². The Hall–Kier alpha value is -1.96. The number of rotatable bonds is 8. The first-order valence-electron chi connectivity index (χ1n) is 8.13. The largest absolute Gasteiger partial charge is 0.489 e. The van der Waals surface area contributed by atoms with E-state index < -0.39 is 12.7 Å². The molecule has 0 fully saturated rings. The Morgan fingerprint density at radius 3 is 2.56 bits per heavy atom. The second-order valence-electron chi connectivity index (χ2n) is 5.93. The van der Waals surface area contributed by atoms with Gasteiger partial charge in [-0.15, -0.1) is 0 Å². The molecule has 1 aromatic carbocycles. The molecular weight excluding hydrogens is 333 g/mol. The Morgan fingerprint density at radius 2 is 1.96 bits per heavy atom. The van der Waals surface area contributed by atoms with Gasteiger partial charge in [-0.05, 0) is 32.5 Å². The molecule has 25 heavy (non-hydrogen) atoms. The van der Waals surface area contributed by atoms with Gasteiger partial charge in [0, 0.05) is 20.1 Å². The van der Waals surface area contributed by atoms with Gasteiger partial charge in [0.25, 0.3) is 0 Å². The molecule has 0 heterocycles. The number of benzene rings is 1. The molecule has 2 N–H and O–H groups in total. The zero-order valence-corrected chi connectivity index (χ0v) is 15.2. The van der Waals surface area contributed by atoms with Crippen LogP contribution in [0.15, 0.2) is 29.3 Å². The van der Waals surface area contributed by atoms with Gasteiger partial charge in [-0.25, -0.2) is 0 Å². The molecule has 0 bridgehead atoms. The highest BCUT2D eigenvalue weighted by molar-refractivity contribution is 5.79. The van der Waals surface area contributed by atoms with Crippen LogP contribution in [0, 0.1) is 6.92 Å². The van der Waals surface area contributed by atoms with Crippen molar-refractivity contribution >= 4 is 5.96 Å². The Morgan fingerprint density at radius 1 is 1.28 bits per heavy atom. The highest BCUT2D eigenvalue weighted by Crippen LogP contribution is 2.17. The molecule has 0 amide bonds. The van der Waals surface area contributed by atoms with Crippen LogP contribution in [0.3, 0.4) is 0 Å². The van der Waals surface area contributed by atoms with E-state index in [4.69, 9.17) is 4.74 Å². The number of guanidine groups is 1. The third-order valence-corrected chi connectivity index (χ3v) is 3.44. The number of nitrogens with one attached hydrogen (secondary N) is 2. The predicted octanol–water partition coefficient (Wildman–Crippen LogP) is 2.42. The summed E-state index contributed by atoms with van der Waals surface area (Å²) in [6.45, 7) is 4.13. The molecule has 0 spiro atoms. The Kier molecular flexibility index (Phi) is 8.54. The maximum Gasteiger partial charge on any atom is 0.401 e. The average Bonchev–Trinajstić information content (AvgIpc) is 2.51. The van der Waals surface area contributed by atoms with Crippen molar-refractivity contribution in [2.24, 2.45) is 4.99 Å². The first kappa shape index (κ1) is 21.1. The number of alkyl halides is 3. The highest BCUT2D eigenvalue weighted by Gasteiger charge is 2.28. The molecule has 0 aromatic heterocycles.